The van der Waals surface area contributed by atoms with Gasteiger partial charge in [-0.15, -0.1) is 10.2 Å². The number of para-hydroxylation sites is 1. The van der Waals surface area contributed by atoms with Gasteiger partial charge in [-0.1, -0.05) is 42.5 Å². The lowest BCUT2D eigenvalue weighted by Crippen LogP contribution is -2.24. The molecule has 0 atom stereocenters. The van der Waals surface area contributed by atoms with Crippen molar-refractivity contribution in [3.8, 4) is 11.7 Å². The molecular weight excluding hydrogens is 422 g/mol. The van der Waals surface area contributed by atoms with Crippen molar-refractivity contribution < 1.29 is 9.53 Å². The smallest absolute Gasteiger partial charge is 0.290 e. The molecule has 0 aliphatic rings. The standard InChI is InChI=1S/C23H21N7O3/c1-15-12-19(30(29-15)23-25-21(31)16(2)26-28-23)22(32)27-24-13-18-10-6-7-11-20(18)33-14-17-8-4-3-5-9-17/h3-13H,14H2,1-2H3,(H,27,32)(H,25,28,31)/b24-13-. The molecule has 10 heteroatoms. The maximum Gasteiger partial charge on any atom is 0.290 e. The van der Waals surface area contributed by atoms with Crippen molar-refractivity contribution in [2.75, 3.05) is 0 Å². The van der Waals surface area contributed by atoms with Gasteiger partial charge >= 0.3 is 0 Å². The first-order valence-electron chi connectivity index (χ1n) is 10.1. The average molecular weight is 443 g/mol. The second kappa shape index (κ2) is 9.69. The number of hydrogen-bond donors (Lipinski definition) is 2. The summed E-state index contributed by atoms with van der Waals surface area (Å²) in [7, 11) is 0. The molecule has 0 fully saturated rings. The Labute approximate surface area is 189 Å². The molecule has 0 aliphatic carbocycles. The third-order valence-corrected chi connectivity index (χ3v) is 4.64. The topological polar surface area (TPSA) is 127 Å². The van der Waals surface area contributed by atoms with Gasteiger partial charge in [-0.2, -0.15) is 14.9 Å². The van der Waals surface area contributed by atoms with Gasteiger partial charge in [0.15, 0.2) is 0 Å². The van der Waals surface area contributed by atoms with Crippen LogP contribution in [0.4, 0.5) is 0 Å². The van der Waals surface area contributed by atoms with Crippen LogP contribution in [0.2, 0.25) is 0 Å². The van der Waals surface area contributed by atoms with E-state index in [9.17, 15) is 9.59 Å². The van der Waals surface area contributed by atoms with E-state index in [4.69, 9.17) is 4.74 Å². The fourth-order valence-electron chi connectivity index (χ4n) is 2.97. The Morgan fingerprint density at radius 2 is 1.88 bits per heavy atom. The predicted molar refractivity (Wildman–Crippen MR) is 122 cm³/mol. The van der Waals surface area contributed by atoms with E-state index in [0.717, 1.165) is 5.56 Å². The van der Waals surface area contributed by atoms with E-state index in [1.165, 1.54) is 17.8 Å². The number of hydrazone groups is 1. The van der Waals surface area contributed by atoms with Crippen LogP contribution in [-0.4, -0.2) is 37.1 Å². The molecule has 4 aromatic rings. The molecule has 10 nitrogen and oxygen atoms in total. The fraction of sp³-hybridized carbons (Fsp3) is 0.130. The van der Waals surface area contributed by atoms with Gasteiger partial charge in [-0.3, -0.25) is 14.6 Å². The van der Waals surface area contributed by atoms with Crippen molar-refractivity contribution in [3.05, 3.63) is 99.2 Å². The Morgan fingerprint density at radius 1 is 1.12 bits per heavy atom. The van der Waals surface area contributed by atoms with Crippen molar-refractivity contribution in [1.82, 2.24) is 30.4 Å². The third kappa shape index (κ3) is 5.18. The zero-order valence-electron chi connectivity index (χ0n) is 18.0. The number of nitrogens with zero attached hydrogens (tertiary/aromatic N) is 5. The van der Waals surface area contributed by atoms with E-state index in [-0.39, 0.29) is 17.3 Å². The van der Waals surface area contributed by atoms with E-state index >= 15 is 0 Å². The number of carbonyl (C=O) groups is 1. The molecular formula is C23H21N7O3. The molecule has 166 valence electrons. The van der Waals surface area contributed by atoms with Crippen molar-refractivity contribution in [2.45, 2.75) is 20.5 Å². The van der Waals surface area contributed by atoms with Gasteiger partial charge < -0.3 is 4.74 Å². The summed E-state index contributed by atoms with van der Waals surface area (Å²) in [6.07, 6.45) is 1.50. The molecule has 2 heterocycles. The van der Waals surface area contributed by atoms with Crippen LogP contribution in [0.1, 0.15) is 33.0 Å². The highest BCUT2D eigenvalue weighted by Crippen LogP contribution is 2.17. The van der Waals surface area contributed by atoms with E-state index < -0.39 is 11.5 Å². The van der Waals surface area contributed by atoms with Crippen LogP contribution in [0, 0.1) is 13.8 Å². The quantitative estimate of drug-likeness (QED) is 0.333. The molecule has 2 aromatic carbocycles. The second-order valence-corrected chi connectivity index (χ2v) is 7.16. The van der Waals surface area contributed by atoms with Gasteiger partial charge in [0, 0.05) is 5.56 Å². The minimum Gasteiger partial charge on any atom is -0.488 e. The van der Waals surface area contributed by atoms with Crippen LogP contribution in [0.3, 0.4) is 0 Å². The highest BCUT2D eigenvalue weighted by Gasteiger charge is 2.17. The summed E-state index contributed by atoms with van der Waals surface area (Å²) in [6.45, 7) is 3.66. The number of rotatable bonds is 7. The van der Waals surface area contributed by atoms with Crippen LogP contribution < -0.4 is 15.7 Å². The lowest BCUT2D eigenvalue weighted by molar-refractivity contribution is 0.0947. The molecule has 2 N–H and O–H groups in total. The summed E-state index contributed by atoms with van der Waals surface area (Å²) >= 11 is 0. The molecule has 0 saturated heterocycles. The number of carbonyl (C=O) groups excluding carboxylic acids is 1. The molecule has 0 aliphatic heterocycles. The maximum atomic E-state index is 12.7. The third-order valence-electron chi connectivity index (χ3n) is 4.64. The highest BCUT2D eigenvalue weighted by molar-refractivity contribution is 5.94. The molecule has 33 heavy (non-hydrogen) atoms. The zero-order valence-corrected chi connectivity index (χ0v) is 18.0. The summed E-state index contributed by atoms with van der Waals surface area (Å²) in [5.74, 6) is 0.137. The van der Waals surface area contributed by atoms with E-state index in [1.54, 1.807) is 13.0 Å². The largest absolute Gasteiger partial charge is 0.488 e. The van der Waals surface area contributed by atoms with Gasteiger partial charge in [0.2, 0.25) is 0 Å². The van der Waals surface area contributed by atoms with E-state index in [1.807, 2.05) is 54.6 Å². The number of H-pyrrole nitrogens is 1. The number of aromatic nitrogens is 5. The van der Waals surface area contributed by atoms with Crippen LogP contribution >= 0.6 is 0 Å². The summed E-state index contributed by atoms with van der Waals surface area (Å²) in [5, 5.41) is 16.0. The lowest BCUT2D eigenvalue weighted by atomic mass is 10.2. The normalized spacial score (nSPS) is 11.0. The number of benzene rings is 2. The summed E-state index contributed by atoms with van der Waals surface area (Å²) < 4.78 is 7.11. The second-order valence-electron chi connectivity index (χ2n) is 7.16. The lowest BCUT2D eigenvalue weighted by Gasteiger charge is -2.09. The maximum absolute atomic E-state index is 12.7. The first-order chi connectivity index (χ1) is 16.0. The SMILES string of the molecule is Cc1cc(C(=O)N/N=C\c2ccccc2OCc2ccccc2)n(-c2nnc(C)c(=O)[nH]2)n1. The highest BCUT2D eigenvalue weighted by atomic mass is 16.5. The van der Waals surface area contributed by atoms with Crippen LogP contribution in [-0.2, 0) is 6.61 Å². The van der Waals surface area contributed by atoms with Crippen molar-refractivity contribution >= 4 is 12.1 Å². The van der Waals surface area contributed by atoms with Crippen molar-refractivity contribution in [3.63, 3.8) is 0 Å². The van der Waals surface area contributed by atoms with Crippen molar-refractivity contribution in [1.29, 1.82) is 0 Å². The van der Waals surface area contributed by atoms with Gasteiger partial charge in [-0.25, -0.2) is 5.43 Å². The number of ether oxygens (including phenoxy) is 1. The molecule has 0 radical (unpaired) electrons. The van der Waals surface area contributed by atoms with Gasteiger partial charge in [0.25, 0.3) is 17.4 Å². The average Bonchev–Trinajstić information content (AvgIpc) is 3.22. The molecule has 1 amide bonds. The van der Waals surface area contributed by atoms with E-state index in [0.29, 0.717) is 23.6 Å². The number of aryl methyl sites for hydroxylation is 2. The Bertz CT molecular complexity index is 1360. The molecule has 2 aromatic heterocycles. The minimum absolute atomic E-state index is 0.0347. The molecule has 0 bridgehead atoms. The van der Waals surface area contributed by atoms with Crippen molar-refractivity contribution in [2.24, 2.45) is 5.10 Å². The molecule has 0 spiro atoms. The molecule has 0 saturated carbocycles. The number of aromatic amines is 1. The fourth-order valence-corrected chi connectivity index (χ4v) is 2.97. The van der Waals surface area contributed by atoms with E-state index in [2.05, 4.69) is 30.8 Å². The number of hydrogen-bond acceptors (Lipinski definition) is 7. The summed E-state index contributed by atoms with van der Waals surface area (Å²) in [4.78, 5) is 27.2. The Hall–Kier alpha value is -4.60. The number of nitrogens with one attached hydrogen (secondary N) is 2. The zero-order chi connectivity index (χ0) is 23.2. The summed E-state index contributed by atoms with van der Waals surface area (Å²) in [6, 6.07) is 18.7. The van der Waals surface area contributed by atoms with Crippen LogP contribution in [0.5, 0.6) is 5.75 Å². The monoisotopic (exact) mass is 443 g/mol. The molecule has 4 rings (SSSR count). The Kier molecular flexibility index (Phi) is 6.35. The first kappa shape index (κ1) is 21.6. The molecule has 0 unspecified atom stereocenters. The Balaban J connectivity index is 1.48. The van der Waals surface area contributed by atoms with Gasteiger partial charge in [0.05, 0.1) is 11.9 Å². The minimum atomic E-state index is -0.530. The van der Waals surface area contributed by atoms with Gasteiger partial charge in [-0.05, 0) is 37.6 Å². The first-order valence-corrected chi connectivity index (χ1v) is 10.1. The number of amides is 1. The summed E-state index contributed by atoms with van der Waals surface area (Å²) in [5.41, 5.74) is 4.72. The Morgan fingerprint density at radius 3 is 2.67 bits per heavy atom. The van der Waals surface area contributed by atoms with Gasteiger partial charge in [0.1, 0.15) is 23.7 Å². The van der Waals surface area contributed by atoms with Crippen LogP contribution in [0.15, 0.2) is 70.6 Å². The van der Waals surface area contributed by atoms with Crippen LogP contribution in [0.25, 0.3) is 5.95 Å². The predicted octanol–water partition coefficient (Wildman–Crippen LogP) is 2.31.